The van der Waals surface area contributed by atoms with Crippen LogP contribution in [0.25, 0.3) is 11.5 Å². The van der Waals surface area contributed by atoms with Crippen molar-refractivity contribution in [3.63, 3.8) is 0 Å². The van der Waals surface area contributed by atoms with Crippen molar-refractivity contribution < 1.29 is 4.42 Å². The highest BCUT2D eigenvalue weighted by Crippen LogP contribution is 2.23. The van der Waals surface area contributed by atoms with Crippen molar-refractivity contribution in [3.05, 3.63) is 34.3 Å². The molecule has 2 rings (SSSR count). The van der Waals surface area contributed by atoms with Gasteiger partial charge in [-0.1, -0.05) is 18.7 Å². The van der Waals surface area contributed by atoms with Gasteiger partial charge in [-0.25, -0.2) is 4.98 Å². The summed E-state index contributed by atoms with van der Waals surface area (Å²) < 4.78 is 5.20. The van der Waals surface area contributed by atoms with Gasteiger partial charge in [-0.05, 0) is 12.1 Å². The van der Waals surface area contributed by atoms with Crippen molar-refractivity contribution >= 4 is 11.8 Å². The van der Waals surface area contributed by atoms with E-state index in [4.69, 9.17) is 15.4 Å². The number of furan rings is 1. The Hall–Kier alpha value is -2.04. The summed E-state index contributed by atoms with van der Waals surface area (Å²) in [6, 6.07) is 5.18. The molecule has 2 aromatic rings. The van der Waals surface area contributed by atoms with Gasteiger partial charge in [0.1, 0.15) is 17.3 Å². The average molecular weight is 276 g/mol. The van der Waals surface area contributed by atoms with Crippen molar-refractivity contribution in [3.8, 4) is 17.5 Å². The van der Waals surface area contributed by atoms with Crippen LogP contribution in [-0.2, 0) is 0 Å². The molecular formula is C12H12N4O2S. The third-order valence-electron chi connectivity index (χ3n) is 2.41. The second-order valence-electron chi connectivity index (χ2n) is 3.85. The van der Waals surface area contributed by atoms with Crippen LogP contribution in [-0.4, -0.2) is 21.8 Å². The molecule has 0 aromatic carbocycles. The molecule has 0 saturated heterocycles. The minimum absolute atomic E-state index is 0.0558. The summed E-state index contributed by atoms with van der Waals surface area (Å²) in [6.07, 6.45) is 1.47. The summed E-state index contributed by atoms with van der Waals surface area (Å²) in [6.45, 7) is 2.39. The molecule has 0 radical (unpaired) electrons. The molecule has 0 aliphatic carbocycles. The van der Waals surface area contributed by atoms with E-state index in [-0.39, 0.29) is 16.5 Å². The van der Waals surface area contributed by atoms with Gasteiger partial charge >= 0.3 is 0 Å². The van der Waals surface area contributed by atoms with Crippen LogP contribution < -0.4 is 11.3 Å². The van der Waals surface area contributed by atoms with E-state index in [0.29, 0.717) is 17.5 Å². The largest absolute Gasteiger partial charge is 0.463 e. The summed E-state index contributed by atoms with van der Waals surface area (Å²) in [5.41, 5.74) is 5.26. The number of rotatable bonds is 4. The fourth-order valence-electron chi connectivity index (χ4n) is 1.44. The zero-order valence-corrected chi connectivity index (χ0v) is 11.0. The van der Waals surface area contributed by atoms with E-state index < -0.39 is 5.56 Å². The summed E-state index contributed by atoms with van der Waals surface area (Å²) in [5, 5.41) is 9.57. The van der Waals surface area contributed by atoms with E-state index in [2.05, 4.69) is 9.97 Å². The highest BCUT2D eigenvalue weighted by molar-refractivity contribution is 7.99. The predicted molar refractivity (Wildman–Crippen MR) is 71.6 cm³/mol. The van der Waals surface area contributed by atoms with E-state index in [1.807, 2.05) is 13.0 Å². The fourth-order valence-corrected chi connectivity index (χ4v) is 2.22. The molecule has 2 aromatic heterocycles. The predicted octanol–water partition coefficient (Wildman–Crippen LogP) is 1.34. The van der Waals surface area contributed by atoms with Gasteiger partial charge in [0, 0.05) is 11.8 Å². The SMILES string of the molecule is CC(CN)Sc1nc(-c2ccco2)c(C#N)c(=O)[nH]1. The number of thioether (sulfide) groups is 1. The van der Waals surface area contributed by atoms with E-state index in [1.165, 1.54) is 18.0 Å². The van der Waals surface area contributed by atoms with E-state index in [0.717, 1.165) is 0 Å². The Kier molecular flexibility index (Phi) is 4.04. The first-order chi connectivity index (χ1) is 9.15. The van der Waals surface area contributed by atoms with Gasteiger partial charge in [0.2, 0.25) is 0 Å². The molecular weight excluding hydrogens is 264 g/mol. The number of nitrogens with two attached hydrogens (primary N) is 1. The maximum Gasteiger partial charge on any atom is 0.270 e. The van der Waals surface area contributed by atoms with E-state index in [9.17, 15) is 4.79 Å². The summed E-state index contributed by atoms with van der Waals surface area (Å²) >= 11 is 1.35. The van der Waals surface area contributed by atoms with Crippen LogP contribution in [0.2, 0.25) is 0 Å². The molecule has 0 spiro atoms. The zero-order valence-electron chi connectivity index (χ0n) is 10.2. The lowest BCUT2D eigenvalue weighted by atomic mass is 10.2. The fraction of sp³-hybridized carbons (Fsp3) is 0.250. The Bertz CT molecular complexity index is 657. The molecule has 6 nitrogen and oxygen atoms in total. The monoisotopic (exact) mass is 276 g/mol. The summed E-state index contributed by atoms with van der Waals surface area (Å²) in [7, 11) is 0. The molecule has 0 aliphatic heterocycles. The quantitative estimate of drug-likeness (QED) is 0.644. The van der Waals surface area contributed by atoms with Crippen LogP contribution in [0, 0.1) is 11.3 Å². The molecule has 0 amide bonds. The van der Waals surface area contributed by atoms with Crippen LogP contribution in [0.15, 0.2) is 32.8 Å². The van der Waals surface area contributed by atoms with Gasteiger partial charge in [0.05, 0.1) is 6.26 Å². The molecule has 0 fully saturated rings. The molecule has 1 unspecified atom stereocenters. The van der Waals surface area contributed by atoms with Crippen molar-refractivity contribution in [2.45, 2.75) is 17.3 Å². The third-order valence-corrected chi connectivity index (χ3v) is 3.42. The maximum atomic E-state index is 11.9. The Morgan fingerprint density at radius 3 is 3.05 bits per heavy atom. The molecule has 3 N–H and O–H groups in total. The van der Waals surface area contributed by atoms with Crippen LogP contribution in [0.4, 0.5) is 0 Å². The van der Waals surface area contributed by atoms with Crippen LogP contribution in [0.5, 0.6) is 0 Å². The number of aromatic amines is 1. The van der Waals surface area contributed by atoms with E-state index >= 15 is 0 Å². The third kappa shape index (κ3) is 2.86. The first kappa shape index (κ1) is 13.4. The first-order valence-electron chi connectivity index (χ1n) is 5.60. The van der Waals surface area contributed by atoms with Gasteiger partial charge in [-0.3, -0.25) is 4.79 Å². The van der Waals surface area contributed by atoms with Crippen LogP contribution in [0.3, 0.4) is 0 Å². The molecule has 0 saturated carbocycles. The van der Waals surface area contributed by atoms with Gasteiger partial charge in [-0.2, -0.15) is 5.26 Å². The van der Waals surface area contributed by atoms with Crippen molar-refractivity contribution in [2.75, 3.05) is 6.54 Å². The molecule has 1 atom stereocenters. The zero-order chi connectivity index (χ0) is 13.8. The molecule has 19 heavy (non-hydrogen) atoms. The number of aromatic nitrogens is 2. The van der Waals surface area contributed by atoms with Crippen LogP contribution >= 0.6 is 11.8 Å². The summed E-state index contributed by atoms with van der Waals surface area (Å²) in [4.78, 5) is 18.7. The minimum atomic E-state index is -0.476. The molecule has 0 bridgehead atoms. The number of nitrogens with zero attached hydrogens (tertiary/aromatic N) is 2. The number of nitrogens with one attached hydrogen (secondary N) is 1. The topological polar surface area (TPSA) is 109 Å². The smallest absolute Gasteiger partial charge is 0.270 e. The Labute approximate surface area is 113 Å². The number of nitriles is 1. The highest BCUT2D eigenvalue weighted by atomic mass is 32.2. The molecule has 7 heteroatoms. The summed E-state index contributed by atoms with van der Waals surface area (Å²) in [5.74, 6) is 0.393. The standard InChI is InChI=1S/C12H12N4O2S/c1-7(5-13)19-12-15-10(9-3-2-4-18-9)8(6-14)11(17)16-12/h2-4,7H,5,13H2,1H3,(H,15,16,17). The number of hydrogen-bond donors (Lipinski definition) is 2. The first-order valence-corrected chi connectivity index (χ1v) is 6.48. The highest BCUT2D eigenvalue weighted by Gasteiger charge is 2.16. The molecule has 2 heterocycles. The van der Waals surface area contributed by atoms with Crippen molar-refractivity contribution in [1.82, 2.24) is 9.97 Å². The number of H-pyrrole nitrogens is 1. The lowest BCUT2D eigenvalue weighted by molar-refractivity contribution is 0.578. The number of hydrogen-bond acceptors (Lipinski definition) is 6. The Balaban J connectivity index is 2.52. The normalized spacial score (nSPS) is 12.1. The second kappa shape index (κ2) is 5.73. The minimum Gasteiger partial charge on any atom is -0.463 e. The van der Waals surface area contributed by atoms with Gasteiger partial charge in [-0.15, -0.1) is 0 Å². The Morgan fingerprint density at radius 1 is 1.68 bits per heavy atom. The van der Waals surface area contributed by atoms with Gasteiger partial charge < -0.3 is 15.1 Å². The lowest BCUT2D eigenvalue weighted by Crippen LogP contribution is -2.17. The second-order valence-corrected chi connectivity index (χ2v) is 5.28. The lowest BCUT2D eigenvalue weighted by Gasteiger charge is -2.08. The van der Waals surface area contributed by atoms with Gasteiger partial charge in [0.25, 0.3) is 5.56 Å². The van der Waals surface area contributed by atoms with Crippen molar-refractivity contribution in [2.24, 2.45) is 5.73 Å². The molecule has 0 aliphatic rings. The van der Waals surface area contributed by atoms with E-state index in [1.54, 1.807) is 12.1 Å². The van der Waals surface area contributed by atoms with Crippen LogP contribution in [0.1, 0.15) is 12.5 Å². The van der Waals surface area contributed by atoms with Crippen molar-refractivity contribution in [1.29, 1.82) is 5.26 Å². The molecule has 98 valence electrons. The Morgan fingerprint density at radius 2 is 2.47 bits per heavy atom. The van der Waals surface area contributed by atoms with Gasteiger partial charge in [0.15, 0.2) is 10.9 Å². The maximum absolute atomic E-state index is 11.9. The average Bonchev–Trinajstić information content (AvgIpc) is 2.91.